The Morgan fingerprint density at radius 2 is 2.00 bits per heavy atom. The van der Waals surface area contributed by atoms with E-state index in [1.54, 1.807) is 23.5 Å². The molecule has 0 aliphatic heterocycles. The lowest BCUT2D eigenvalue weighted by molar-refractivity contribution is 0.515. The summed E-state index contributed by atoms with van der Waals surface area (Å²) in [4.78, 5) is 0. The van der Waals surface area contributed by atoms with Crippen LogP contribution in [0.1, 0.15) is 23.6 Å². The van der Waals surface area contributed by atoms with Crippen molar-refractivity contribution in [3.05, 3.63) is 58.0 Å². The maximum absolute atomic E-state index is 12.8. The fraction of sp³-hybridized carbons (Fsp3) is 0.231. The summed E-state index contributed by atoms with van der Waals surface area (Å²) in [5.74, 6) is 5.32. The molecular formula is C13H15FN2S. The van der Waals surface area contributed by atoms with Gasteiger partial charge in [-0.2, -0.15) is 11.3 Å². The van der Waals surface area contributed by atoms with Crippen LogP contribution < -0.4 is 11.3 Å². The summed E-state index contributed by atoms with van der Waals surface area (Å²) in [5, 5.41) is 4.20. The molecule has 0 fully saturated rings. The van der Waals surface area contributed by atoms with E-state index in [-0.39, 0.29) is 11.9 Å². The Kier molecular flexibility index (Phi) is 4.25. The Balaban J connectivity index is 1.99. The van der Waals surface area contributed by atoms with Gasteiger partial charge in [-0.3, -0.25) is 11.3 Å². The van der Waals surface area contributed by atoms with Crippen molar-refractivity contribution in [2.24, 2.45) is 5.84 Å². The second-order valence-corrected chi connectivity index (χ2v) is 4.72. The van der Waals surface area contributed by atoms with E-state index in [4.69, 9.17) is 5.84 Å². The fourth-order valence-electron chi connectivity index (χ4n) is 1.79. The molecule has 4 heteroatoms. The van der Waals surface area contributed by atoms with Crippen LogP contribution in [0, 0.1) is 5.82 Å². The SMILES string of the molecule is NNC(CCc1ccsc1)c1ccc(F)cc1. The van der Waals surface area contributed by atoms with Crippen LogP contribution in [0.5, 0.6) is 0 Å². The molecule has 0 amide bonds. The first-order valence-corrected chi connectivity index (χ1v) is 6.46. The van der Waals surface area contributed by atoms with E-state index in [2.05, 4.69) is 22.3 Å². The van der Waals surface area contributed by atoms with E-state index in [0.29, 0.717) is 0 Å². The molecule has 1 atom stereocenters. The first-order valence-electron chi connectivity index (χ1n) is 5.52. The summed E-state index contributed by atoms with van der Waals surface area (Å²) in [6.07, 6.45) is 1.87. The van der Waals surface area contributed by atoms with E-state index < -0.39 is 0 Å². The zero-order valence-corrected chi connectivity index (χ0v) is 10.2. The largest absolute Gasteiger partial charge is 0.271 e. The predicted molar refractivity (Wildman–Crippen MR) is 69.1 cm³/mol. The highest BCUT2D eigenvalue weighted by Crippen LogP contribution is 2.19. The number of benzene rings is 1. The average Bonchev–Trinajstić information content (AvgIpc) is 2.85. The molecular weight excluding hydrogens is 235 g/mol. The van der Waals surface area contributed by atoms with Crippen LogP contribution in [0.15, 0.2) is 41.1 Å². The van der Waals surface area contributed by atoms with E-state index in [0.717, 1.165) is 18.4 Å². The van der Waals surface area contributed by atoms with Gasteiger partial charge in [0.25, 0.3) is 0 Å². The number of nitrogens with two attached hydrogens (primary N) is 1. The third kappa shape index (κ3) is 3.36. The van der Waals surface area contributed by atoms with Gasteiger partial charge in [-0.25, -0.2) is 4.39 Å². The number of hydrogen-bond donors (Lipinski definition) is 2. The summed E-state index contributed by atoms with van der Waals surface area (Å²) >= 11 is 1.70. The summed E-state index contributed by atoms with van der Waals surface area (Å²) in [6.45, 7) is 0. The Bertz CT molecular complexity index is 439. The summed E-state index contributed by atoms with van der Waals surface area (Å²) < 4.78 is 12.8. The van der Waals surface area contributed by atoms with Crippen molar-refractivity contribution in [1.82, 2.24) is 5.43 Å². The number of nitrogens with one attached hydrogen (secondary N) is 1. The van der Waals surface area contributed by atoms with Crippen LogP contribution in [0.2, 0.25) is 0 Å². The lowest BCUT2D eigenvalue weighted by Crippen LogP contribution is -2.28. The van der Waals surface area contributed by atoms with Gasteiger partial charge in [-0.05, 0) is 52.9 Å². The molecule has 2 nitrogen and oxygen atoms in total. The van der Waals surface area contributed by atoms with Gasteiger partial charge < -0.3 is 0 Å². The lowest BCUT2D eigenvalue weighted by Gasteiger charge is -2.15. The van der Waals surface area contributed by atoms with Gasteiger partial charge in [-0.15, -0.1) is 0 Å². The monoisotopic (exact) mass is 250 g/mol. The number of halogens is 1. The standard InChI is InChI=1S/C13H15FN2S/c14-12-4-2-11(3-5-12)13(16-15)6-1-10-7-8-17-9-10/h2-5,7-9,13,16H,1,6,15H2. The molecule has 0 radical (unpaired) electrons. The van der Waals surface area contributed by atoms with Gasteiger partial charge in [0, 0.05) is 6.04 Å². The molecule has 0 saturated carbocycles. The van der Waals surface area contributed by atoms with Crippen LogP contribution in [0.3, 0.4) is 0 Å². The highest BCUT2D eigenvalue weighted by atomic mass is 32.1. The zero-order valence-electron chi connectivity index (χ0n) is 9.40. The summed E-state index contributed by atoms with van der Waals surface area (Å²) in [7, 11) is 0. The number of aryl methyl sites for hydroxylation is 1. The van der Waals surface area contributed by atoms with Crippen molar-refractivity contribution in [2.75, 3.05) is 0 Å². The van der Waals surface area contributed by atoms with Gasteiger partial charge >= 0.3 is 0 Å². The third-order valence-corrected chi connectivity index (χ3v) is 3.51. The Morgan fingerprint density at radius 3 is 2.59 bits per heavy atom. The first kappa shape index (κ1) is 12.2. The minimum Gasteiger partial charge on any atom is -0.271 e. The molecule has 1 aromatic carbocycles. The molecule has 1 heterocycles. The second kappa shape index (κ2) is 5.91. The number of hydrogen-bond acceptors (Lipinski definition) is 3. The maximum Gasteiger partial charge on any atom is 0.123 e. The summed E-state index contributed by atoms with van der Waals surface area (Å²) in [6, 6.07) is 8.65. The van der Waals surface area contributed by atoms with E-state index in [1.807, 2.05) is 0 Å². The van der Waals surface area contributed by atoms with Crippen molar-refractivity contribution in [1.29, 1.82) is 0 Å². The van der Waals surface area contributed by atoms with E-state index in [1.165, 1.54) is 17.7 Å². The quantitative estimate of drug-likeness (QED) is 0.632. The van der Waals surface area contributed by atoms with Crippen LogP contribution in [0.4, 0.5) is 4.39 Å². The highest BCUT2D eigenvalue weighted by molar-refractivity contribution is 7.07. The van der Waals surface area contributed by atoms with Gasteiger partial charge in [0.05, 0.1) is 0 Å². The van der Waals surface area contributed by atoms with Gasteiger partial charge in [-0.1, -0.05) is 12.1 Å². The van der Waals surface area contributed by atoms with Crippen LogP contribution in [-0.4, -0.2) is 0 Å². The minimum absolute atomic E-state index is 0.0653. The smallest absolute Gasteiger partial charge is 0.123 e. The Morgan fingerprint density at radius 1 is 1.24 bits per heavy atom. The van der Waals surface area contributed by atoms with Gasteiger partial charge in [0.15, 0.2) is 0 Å². The number of rotatable bonds is 5. The lowest BCUT2D eigenvalue weighted by atomic mass is 10.0. The molecule has 3 N–H and O–H groups in total. The minimum atomic E-state index is -0.220. The normalized spacial score (nSPS) is 12.6. The van der Waals surface area contributed by atoms with Crippen molar-refractivity contribution < 1.29 is 4.39 Å². The van der Waals surface area contributed by atoms with Crippen molar-refractivity contribution in [3.8, 4) is 0 Å². The third-order valence-electron chi connectivity index (χ3n) is 2.78. The van der Waals surface area contributed by atoms with Gasteiger partial charge in [0.2, 0.25) is 0 Å². The van der Waals surface area contributed by atoms with E-state index >= 15 is 0 Å². The second-order valence-electron chi connectivity index (χ2n) is 3.94. The molecule has 17 heavy (non-hydrogen) atoms. The van der Waals surface area contributed by atoms with Crippen molar-refractivity contribution in [2.45, 2.75) is 18.9 Å². The molecule has 0 spiro atoms. The van der Waals surface area contributed by atoms with Crippen LogP contribution >= 0.6 is 11.3 Å². The zero-order chi connectivity index (χ0) is 12.1. The Hall–Kier alpha value is -1.23. The Labute approximate surface area is 104 Å². The molecule has 1 aromatic heterocycles. The molecule has 0 aliphatic carbocycles. The molecule has 0 bridgehead atoms. The molecule has 0 aliphatic rings. The van der Waals surface area contributed by atoms with Crippen molar-refractivity contribution >= 4 is 11.3 Å². The molecule has 0 saturated heterocycles. The first-order chi connectivity index (χ1) is 8.29. The highest BCUT2D eigenvalue weighted by Gasteiger charge is 2.09. The molecule has 2 rings (SSSR count). The molecule has 1 unspecified atom stereocenters. The summed E-state index contributed by atoms with van der Waals surface area (Å²) in [5.41, 5.74) is 5.12. The van der Waals surface area contributed by atoms with Crippen molar-refractivity contribution in [3.63, 3.8) is 0 Å². The maximum atomic E-state index is 12.8. The van der Waals surface area contributed by atoms with Crippen LogP contribution in [-0.2, 0) is 6.42 Å². The van der Waals surface area contributed by atoms with Crippen LogP contribution in [0.25, 0.3) is 0 Å². The molecule has 2 aromatic rings. The van der Waals surface area contributed by atoms with Gasteiger partial charge in [0.1, 0.15) is 5.82 Å². The average molecular weight is 250 g/mol. The fourth-order valence-corrected chi connectivity index (χ4v) is 2.49. The number of thiophene rings is 1. The molecule has 90 valence electrons. The van der Waals surface area contributed by atoms with E-state index in [9.17, 15) is 4.39 Å². The number of hydrazine groups is 1. The topological polar surface area (TPSA) is 38.0 Å². The predicted octanol–water partition coefficient (Wildman–Crippen LogP) is 3.02.